The summed E-state index contributed by atoms with van der Waals surface area (Å²) >= 11 is 0. The largest absolute Gasteiger partial charge is 0.462 e. The molecule has 0 aliphatic heterocycles. The Labute approximate surface area is 229 Å². The Kier molecular flexibility index (Phi) is 8.63. The van der Waals surface area contributed by atoms with E-state index in [1.165, 1.54) is 13.8 Å². The summed E-state index contributed by atoms with van der Waals surface area (Å²) in [5.41, 5.74) is -2.15. The van der Waals surface area contributed by atoms with Gasteiger partial charge >= 0.3 is 11.9 Å². The van der Waals surface area contributed by atoms with Gasteiger partial charge in [-0.3, -0.25) is 9.59 Å². The molecule has 4 rings (SSSR count). The lowest BCUT2D eigenvalue weighted by Crippen LogP contribution is -2.71. The summed E-state index contributed by atoms with van der Waals surface area (Å²) in [4.78, 5) is 24.2. The molecule has 0 heterocycles. The minimum Gasteiger partial charge on any atom is -0.462 e. The van der Waals surface area contributed by atoms with Crippen molar-refractivity contribution >= 4 is 11.9 Å². The monoisotopic (exact) mass is 536 g/mol. The molecule has 0 unspecified atom stereocenters. The first-order chi connectivity index (χ1) is 17.8. The molecule has 7 nitrogen and oxygen atoms in total. The second-order valence-corrected chi connectivity index (χ2v) is 14.1. The first-order valence-electron chi connectivity index (χ1n) is 15.1. The molecule has 0 bridgehead atoms. The fourth-order valence-corrected chi connectivity index (χ4v) is 9.99. The average Bonchev–Trinajstić information content (AvgIpc) is 3.18. The number of esters is 2. The van der Waals surface area contributed by atoms with Gasteiger partial charge in [0.15, 0.2) is 0 Å². The molecule has 3 N–H and O–H groups in total. The number of aliphatic hydroxyl groups excluding tert-OH is 2. The van der Waals surface area contributed by atoms with Crippen LogP contribution in [-0.2, 0) is 19.1 Å². The Hall–Kier alpha value is -1.18. The Morgan fingerprint density at radius 3 is 2.29 bits per heavy atom. The van der Waals surface area contributed by atoms with Crippen LogP contribution >= 0.6 is 0 Å². The molecule has 0 amide bonds. The molecule has 0 aromatic rings. The topological polar surface area (TPSA) is 113 Å². The van der Waals surface area contributed by atoms with Crippen molar-refractivity contribution in [1.29, 1.82) is 0 Å². The predicted molar refractivity (Wildman–Crippen MR) is 144 cm³/mol. The Bertz CT molecular complexity index is 874. The molecule has 0 aromatic carbocycles. The van der Waals surface area contributed by atoms with Crippen LogP contribution in [0.1, 0.15) is 106 Å². The SMILES string of the molecule is CC(=O)O[C@@H](CCC(C)C)[C@@H](C)[C@H]1CC[C@H]2[C@@H]3C[C@@H](OC(C)=O)[C@@]4(O)C[C@@H](O)CC[C@]4(CO)[C@H]3CC[C@]12C. The molecule has 7 heteroatoms. The van der Waals surface area contributed by atoms with E-state index >= 15 is 0 Å². The summed E-state index contributed by atoms with van der Waals surface area (Å²) in [6, 6.07) is 0. The van der Waals surface area contributed by atoms with E-state index < -0.39 is 29.2 Å². The molecule has 0 aromatic heterocycles. The van der Waals surface area contributed by atoms with Crippen LogP contribution in [-0.4, -0.2) is 57.8 Å². The van der Waals surface area contributed by atoms with Crippen LogP contribution in [0.25, 0.3) is 0 Å². The van der Waals surface area contributed by atoms with E-state index in [0.29, 0.717) is 37.0 Å². The first kappa shape index (κ1) is 29.8. The van der Waals surface area contributed by atoms with Gasteiger partial charge in [0.05, 0.1) is 12.7 Å². The summed E-state index contributed by atoms with van der Waals surface area (Å²) < 4.78 is 11.7. The van der Waals surface area contributed by atoms with E-state index in [9.17, 15) is 24.9 Å². The quantitative estimate of drug-likeness (QED) is 0.387. The maximum absolute atomic E-state index is 12.2. The zero-order valence-electron chi connectivity index (χ0n) is 24.4. The molecule has 0 radical (unpaired) electrons. The van der Waals surface area contributed by atoms with Gasteiger partial charge in [0.25, 0.3) is 0 Å². The van der Waals surface area contributed by atoms with Gasteiger partial charge in [-0.1, -0.05) is 27.7 Å². The number of hydrogen-bond acceptors (Lipinski definition) is 7. The van der Waals surface area contributed by atoms with Crippen LogP contribution in [0.3, 0.4) is 0 Å². The van der Waals surface area contributed by atoms with Crippen LogP contribution in [0.4, 0.5) is 0 Å². The summed E-state index contributed by atoms with van der Waals surface area (Å²) in [6.07, 6.45) is 6.21. The van der Waals surface area contributed by atoms with Gasteiger partial charge in [0.2, 0.25) is 0 Å². The van der Waals surface area contributed by atoms with Crippen molar-refractivity contribution in [3.8, 4) is 0 Å². The average molecular weight is 537 g/mol. The molecule has 0 saturated heterocycles. The third-order valence-corrected chi connectivity index (χ3v) is 11.7. The number of carbonyl (C=O) groups excluding carboxylic acids is 2. The maximum atomic E-state index is 12.2. The smallest absolute Gasteiger partial charge is 0.303 e. The van der Waals surface area contributed by atoms with Gasteiger partial charge < -0.3 is 24.8 Å². The molecule has 4 aliphatic rings. The maximum Gasteiger partial charge on any atom is 0.303 e. The molecular weight excluding hydrogens is 484 g/mol. The van der Waals surface area contributed by atoms with E-state index in [1.807, 2.05) is 0 Å². The fourth-order valence-electron chi connectivity index (χ4n) is 9.99. The normalized spacial score (nSPS) is 43.9. The Balaban J connectivity index is 1.64. The van der Waals surface area contributed by atoms with Gasteiger partial charge in [-0.15, -0.1) is 0 Å². The Morgan fingerprint density at radius 1 is 0.974 bits per heavy atom. The third-order valence-electron chi connectivity index (χ3n) is 11.7. The summed E-state index contributed by atoms with van der Waals surface area (Å²) in [5, 5.41) is 33.5. The van der Waals surface area contributed by atoms with Gasteiger partial charge in [-0.2, -0.15) is 0 Å². The van der Waals surface area contributed by atoms with Crippen molar-refractivity contribution in [3.63, 3.8) is 0 Å². The van der Waals surface area contributed by atoms with Gasteiger partial charge in [0, 0.05) is 25.7 Å². The van der Waals surface area contributed by atoms with Crippen molar-refractivity contribution in [2.24, 2.45) is 46.3 Å². The van der Waals surface area contributed by atoms with E-state index in [2.05, 4.69) is 27.7 Å². The standard InChI is InChI=1S/C31H52O7/c1-18(2)7-10-27(37-20(4)33)19(3)24-8-9-25-23-15-28(38-21(5)34)31(36)16-22(35)11-14-30(31,17-32)26(23)12-13-29(24,25)6/h18-19,22-28,32,35-36H,7-17H2,1-6H3/t19-,22-,23-,24+,25-,26-,27-,28+,29+,30-,31-/m0/s1. The summed E-state index contributed by atoms with van der Waals surface area (Å²) in [6.45, 7) is 11.8. The minimum atomic E-state index is -1.43. The van der Waals surface area contributed by atoms with Crippen molar-refractivity contribution in [2.45, 2.75) is 130 Å². The zero-order chi connectivity index (χ0) is 28.0. The number of ether oxygens (including phenoxy) is 2. The van der Waals surface area contributed by atoms with Gasteiger partial charge in [-0.05, 0) is 98.7 Å². The van der Waals surface area contributed by atoms with Gasteiger partial charge in [-0.25, -0.2) is 0 Å². The van der Waals surface area contributed by atoms with E-state index in [4.69, 9.17) is 9.47 Å². The van der Waals surface area contributed by atoms with E-state index in [1.54, 1.807) is 0 Å². The molecule has 4 fully saturated rings. The number of fused-ring (bicyclic) bond motifs is 5. The van der Waals surface area contributed by atoms with Crippen molar-refractivity contribution < 1.29 is 34.4 Å². The van der Waals surface area contributed by atoms with Crippen LogP contribution in [0.5, 0.6) is 0 Å². The van der Waals surface area contributed by atoms with Crippen molar-refractivity contribution in [1.82, 2.24) is 0 Å². The molecule has 38 heavy (non-hydrogen) atoms. The number of rotatable bonds is 8. The van der Waals surface area contributed by atoms with E-state index in [0.717, 1.165) is 38.5 Å². The van der Waals surface area contributed by atoms with Crippen molar-refractivity contribution in [2.75, 3.05) is 6.61 Å². The fraction of sp³-hybridized carbons (Fsp3) is 0.935. The first-order valence-corrected chi connectivity index (χ1v) is 15.1. The molecule has 218 valence electrons. The molecular formula is C31H52O7. The lowest BCUT2D eigenvalue weighted by atomic mass is 9.42. The molecule has 11 atom stereocenters. The van der Waals surface area contributed by atoms with Crippen LogP contribution in [0, 0.1) is 46.3 Å². The molecule has 4 aliphatic carbocycles. The van der Waals surface area contributed by atoms with Crippen molar-refractivity contribution in [3.05, 3.63) is 0 Å². The van der Waals surface area contributed by atoms with Gasteiger partial charge in [0.1, 0.15) is 17.8 Å². The van der Waals surface area contributed by atoms with E-state index in [-0.39, 0.29) is 48.3 Å². The molecule has 0 spiro atoms. The number of aliphatic hydroxyl groups is 3. The number of hydrogen-bond donors (Lipinski definition) is 3. The van der Waals surface area contributed by atoms with Crippen LogP contribution < -0.4 is 0 Å². The molecule has 4 saturated carbocycles. The Morgan fingerprint density at radius 2 is 1.68 bits per heavy atom. The highest BCUT2D eigenvalue weighted by molar-refractivity contribution is 5.66. The zero-order valence-corrected chi connectivity index (χ0v) is 24.4. The predicted octanol–water partition coefficient (Wildman–Crippen LogP) is 4.64. The highest BCUT2D eigenvalue weighted by Gasteiger charge is 2.70. The van der Waals surface area contributed by atoms with Crippen LogP contribution in [0.2, 0.25) is 0 Å². The second kappa shape index (κ2) is 11.0. The minimum absolute atomic E-state index is 0.0534. The summed E-state index contributed by atoms with van der Waals surface area (Å²) in [7, 11) is 0. The highest BCUT2D eigenvalue weighted by Crippen LogP contribution is 2.69. The lowest BCUT2D eigenvalue weighted by Gasteiger charge is -2.66. The highest BCUT2D eigenvalue weighted by atomic mass is 16.6. The summed E-state index contributed by atoms with van der Waals surface area (Å²) in [5.74, 6) is 1.28. The lowest BCUT2D eigenvalue weighted by molar-refractivity contribution is -0.284. The van der Waals surface area contributed by atoms with Crippen LogP contribution in [0.15, 0.2) is 0 Å². The number of carbonyl (C=O) groups is 2. The second-order valence-electron chi connectivity index (χ2n) is 14.1. The third kappa shape index (κ3) is 4.94.